The lowest BCUT2D eigenvalue weighted by atomic mass is 9.99. The number of piperidine rings is 1. The number of aromatic amines is 1. The summed E-state index contributed by atoms with van der Waals surface area (Å²) in [7, 11) is 2.13. The number of fused-ring (bicyclic) bond motifs is 2. The van der Waals surface area contributed by atoms with Crippen LogP contribution in [0.4, 0.5) is 10.6 Å². The van der Waals surface area contributed by atoms with E-state index in [9.17, 15) is 24.0 Å². The van der Waals surface area contributed by atoms with Gasteiger partial charge in [-0.1, -0.05) is 25.5 Å². The molecule has 5 aromatic rings. The minimum Gasteiger partial charge on any atom is -0.357 e. The average Bonchev–Trinajstić information content (AvgIpc) is 3.81. The van der Waals surface area contributed by atoms with E-state index in [0.717, 1.165) is 95.5 Å². The number of H-pyrrole nitrogens is 1. The number of carbonyl (C=O) groups excluding carboxylic acids is 4. The fourth-order valence-electron chi connectivity index (χ4n) is 8.78. The van der Waals surface area contributed by atoms with Crippen LogP contribution >= 0.6 is 0 Å². The van der Waals surface area contributed by atoms with Crippen LogP contribution in [-0.2, 0) is 30.8 Å². The number of aryl methyl sites for hydroxylation is 2. The molecule has 0 atom stereocenters. The van der Waals surface area contributed by atoms with Gasteiger partial charge in [0.15, 0.2) is 0 Å². The van der Waals surface area contributed by atoms with Crippen molar-refractivity contribution in [3.63, 3.8) is 0 Å². The molecule has 0 bridgehead atoms. The quantitative estimate of drug-likeness (QED) is 0.148. The smallest absolute Gasteiger partial charge is 0.342 e. The van der Waals surface area contributed by atoms with Crippen LogP contribution in [0.5, 0.6) is 0 Å². The number of hydrogen-bond acceptors (Lipinski definition) is 9. The molecule has 0 radical (unpaired) electrons. The third-order valence-electron chi connectivity index (χ3n) is 12.0. The molecule has 0 spiro atoms. The number of hydrazine groups is 1. The molecular formula is C45H52N10O5. The molecule has 3 aliphatic rings. The normalized spacial score (nSPS) is 16.1. The summed E-state index contributed by atoms with van der Waals surface area (Å²) in [5, 5.41) is 13.5. The Morgan fingerprint density at radius 1 is 0.967 bits per heavy atom. The van der Waals surface area contributed by atoms with Crippen LogP contribution in [0.1, 0.15) is 101 Å². The number of amides is 5. The van der Waals surface area contributed by atoms with Crippen molar-refractivity contribution >= 4 is 40.5 Å². The Kier molecular flexibility index (Phi) is 11.3. The highest BCUT2D eigenvalue weighted by Crippen LogP contribution is 2.32. The van der Waals surface area contributed by atoms with Gasteiger partial charge in [-0.3, -0.25) is 34.1 Å². The molecule has 15 nitrogen and oxygen atoms in total. The molecule has 2 fully saturated rings. The van der Waals surface area contributed by atoms with E-state index in [2.05, 4.69) is 76.5 Å². The Hall–Kier alpha value is -6.35. The third kappa shape index (κ3) is 8.01. The molecule has 60 heavy (non-hydrogen) atoms. The number of nitrogens with one attached hydrogen (secondary N) is 3. The van der Waals surface area contributed by atoms with Gasteiger partial charge < -0.3 is 15.2 Å². The van der Waals surface area contributed by atoms with Crippen LogP contribution in [0.25, 0.3) is 22.0 Å². The largest absolute Gasteiger partial charge is 0.357 e. The summed E-state index contributed by atoms with van der Waals surface area (Å²) in [5.41, 5.74) is 7.79. The van der Waals surface area contributed by atoms with Crippen molar-refractivity contribution in [2.75, 3.05) is 31.6 Å². The minimum absolute atomic E-state index is 0.0779. The van der Waals surface area contributed by atoms with Gasteiger partial charge in [0.25, 0.3) is 17.4 Å². The van der Waals surface area contributed by atoms with Crippen molar-refractivity contribution in [3.05, 3.63) is 110 Å². The highest BCUT2D eigenvalue weighted by atomic mass is 16.2. The first-order chi connectivity index (χ1) is 28.9. The molecule has 0 unspecified atom stereocenters. The Morgan fingerprint density at radius 2 is 1.77 bits per heavy atom. The second-order valence-corrected chi connectivity index (χ2v) is 16.5. The number of anilines is 1. The van der Waals surface area contributed by atoms with Crippen LogP contribution < -0.4 is 21.1 Å². The summed E-state index contributed by atoms with van der Waals surface area (Å²) in [4.78, 5) is 76.4. The lowest BCUT2D eigenvalue weighted by molar-refractivity contribution is -0.123. The van der Waals surface area contributed by atoms with Crippen molar-refractivity contribution in [3.8, 4) is 11.1 Å². The van der Waals surface area contributed by atoms with Gasteiger partial charge in [0, 0.05) is 78.7 Å². The van der Waals surface area contributed by atoms with Crippen LogP contribution in [0, 0.1) is 6.92 Å². The van der Waals surface area contributed by atoms with E-state index in [1.54, 1.807) is 6.20 Å². The number of hydrogen-bond donors (Lipinski definition) is 3. The van der Waals surface area contributed by atoms with Crippen LogP contribution in [-0.4, -0.2) is 91.1 Å². The molecule has 2 aromatic carbocycles. The number of benzene rings is 2. The second-order valence-electron chi connectivity index (χ2n) is 16.5. The van der Waals surface area contributed by atoms with Gasteiger partial charge in [0.05, 0.1) is 30.4 Å². The summed E-state index contributed by atoms with van der Waals surface area (Å²) in [5.74, 6) is 0.0640. The SMILES string of the molecule is CCCc1cc(C)[nH]c(=O)c1CNC(=O)c1cc(-c2ccc(N3CCC(N(C)Cc4ccc5c(c4)CN(N4CCC(=O)NC4=O)C5=O)CC3)nc2)cc2c1cnn2C(C)C. The number of urea groups is 1. The van der Waals surface area contributed by atoms with Gasteiger partial charge in [-0.15, -0.1) is 0 Å². The van der Waals surface area contributed by atoms with Gasteiger partial charge in [-0.2, -0.15) is 5.10 Å². The maximum Gasteiger partial charge on any atom is 0.342 e. The van der Waals surface area contributed by atoms with E-state index in [1.807, 2.05) is 48.1 Å². The van der Waals surface area contributed by atoms with E-state index in [4.69, 9.17) is 4.98 Å². The monoisotopic (exact) mass is 812 g/mol. The van der Waals surface area contributed by atoms with E-state index in [0.29, 0.717) is 29.3 Å². The van der Waals surface area contributed by atoms with Crippen molar-refractivity contribution in [1.82, 2.24) is 45.3 Å². The number of aromatic nitrogens is 4. The molecule has 5 amide bonds. The third-order valence-corrected chi connectivity index (χ3v) is 12.0. The van der Waals surface area contributed by atoms with Gasteiger partial charge in [0.1, 0.15) is 5.82 Å². The number of nitrogens with zero attached hydrogens (tertiary/aromatic N) is 7. The Bertz CT molecular complexity index is 2540. The van der Waals surface area contributed by atoms with Crippen LogP contribution in [0.3, 0.4) is 0 Å². The van der Waals surface area contributed by atoms with Crippen molar-refractivity contribution in [2.24, 2.45) is 0 Å². The standard InChI is InChI=1S/C45H52N10O5/c1-6-7-30-18-28(4)49-43(58)37(30)23-47-42(57)36-20-32(21-39-38(36)24-48-55(39)27(2)3)31-9-11-40(46-22-31)52-15-12-34(13-16-52)51(5)25-29-8-10-35-33(19-29)26-54(44(35)59)53-17-14-41(56)50-45(53)60/h8-11,18-22,24,27,34H,6-7,12-17,23,25-26H2,1-5H3,(H,47,57)(H,49,58)(H,50,56,60). The first-order valence-electron chi connectivity index (χ1n) is 20.9. The van der Waals surface area contributed by atoms with Gasteiger partial charge >= 0.3 is 6.03 Å². The molecule has 8 rings (SSSR count). The summed E-state index contributed by atoms with van der Waals surface area (Å²) in [6.07, 6.45) is 7.34. The van der Waals surface area contributed by atoms with E-state index in [1.165, 1.54) is 10.0 Å². The van der Waals surface area contributed by atoms with Gasteiger partial charge in [-0.25, -0.2) is 19.8 Å². The molecule has 15 heteroatoms. The zero-order chi connectivity index (χ0) is 42.2. The van der Waals surface area contributed by atoms with Crippen molar-refractivity contribution < 1.29 is 19.2 Å². The molecule has 2 saturated heterocycles. The molecule has 3 aromatic heterocycles. The highest BCUT2D eigenvalue weighted by Gasteiger charge is 2.37. The van der Waals surface area contributed by atoms with E-state index >= 15 is 0 Å². The Labute approximate surface area is 348 Å². The topological polar surface area (TPSA) is 169 Å². The first-order valence-corrected chi connectivity index (χ1v) is 20.9. The highest BCUT2D eigenvalue weighted by molar-refractivity contribution is 6.08. The number of imide groups is 1. The lowest BCUT2D eigenvalue weighted by Crippen LogP contribution is -2.56. The summed E-state index contributed by atoms with van der Waals surface area (Å²) < 4.78 is 1.92. The predicted molar refractivity (Wildman–Crippen MR) is 228 cm³/mol. The maximum atomic E-state index is 13.9. The Balaban J connectivity index is 0.918. The predicted octanol–water partition coefficient (Wildman–Crippen LogP) is 5.47. The molecule has 3 aliphatic heterocycles. The Morgan fingerprint density at radius 3 is 2.48 bits per heavy atom. The molecule has 0 aliphatic carbocycles. The van der Waals surface area contributed by atoms with Crippen molar-refractivity contribution in [2.45, 2.75) is 91.5 Å². The van der Waals surface area contributed by atoms with Gasteiger partial charge in [0.2, 0.25) is 5.91 Å². The van der Waals surface area contributed by atoms with Gasteiger partial charge in [-0.05, 0) is 106 Å². The van der Waals surface area contributed by atoms with E-state index < -0.39 is 6.03 Å². The minimum atomic E-state index is -0.565. The molecule has 0 saturated carbocycles. The first kappa shape index (κ1) is 40.4. The molecule has 6 heterocycles. The fraction of sp³-hybridized carbons (Fsp3) is 0.400. The second kappa shape index (κ2) is 16.7. The van der Waals surface area contributed by atoms with Crippen molar-refractivity contribution in [1.29, 1.82) is 0 Å². The van der Waals surface area contributed by atoms with Crippen LogP contribution in [0.2, 0.25) is 0 Å². The number of carbonyl (C=O) groups is 4. The zero-order valence-electron chi connectivity index (χ0n) is 34.9. The number of pyridine rings is 2. The maximum absolute atomic E-state index is 13.9. The molecule has 3 N–H and O–H groups in total. The number of rotatable bonds is 12. The van der Waals surface area contributed by atoms with Crippen LogP contribution in [0.15, 0.2) is 65.7 Å². The lowest BCUT2D eigenvalue weighted by Gasteiger charge is -2.37. The average molecular weight is 813 g/mol. The van der Waals surface area contributed by atoms with E-state index in [-0.39, 0.29) is 48.8 Å². The summed E-state index contributed by atoms with van der Waals surface area (Å²) >= 11 is 0. The zero-order valence-corrected chi connectivity index (χ0v) is 34.9. The fourth-order valence-corrected chi connectivity index (χ4v) is 8.78. The summed E-state index contributed by atoms with van der Waals surface area (Å²) in [6.45, 7) is 11.1. The molecular weight excluding hydrogens is 761 g/mol. The molecule has 312 valence electrons. The summed E-state index contributed by atoms with van der Waals surface area (Å²) in [6, 6.07) is 15.8.